The number of ether oxygens (including phenoxy) is 4. The first-order valence-corrected chi connectivity index (χ1v) is 10.9. The molecule has 3 aromatic rings. The normalized spacial score (nSPS) is 13.0. The average molecular weight is 447 g/mol. The predicted octanol–water partition coefficient (Wildman–Crippen LogP) is 5.10. The number of rotatable bonds is 14. The molecule has 0 heterocycles. The van der Waals surface area contributed by atoms with E-state index in [0.717, 1.165) is 16.7 Å². The Morgan fingerprint density at radius 2 is 1.21 bits per heavy atom. The summed E-state index contributed by atoms with van der Waals surface area (Å²) in [7, 11) is 1.55. The summed E-state index contributed by atoms with van der Waals surface area (Å²) in [4.78, 5) is 13.2. The molecule has 33 heavy (non-hydrogen) atoms. The van der Waals surface area contributed by atoms with Crippen molar-refractivity contribution < 1.29 is 23.7 Å². The van der Waals surface area contributed by atoms with Gasteiger partial charge in [0.15, 0.2) is 5.78 Å². The van der Waals surface area contributed by atoms with Gasteiger partial charge in [0.05, 0.1) is 33.2 Å². The number of hydrogen-bond donors (Lipinski definition) is 0. The fraction of sp³-hybridized carbons (Fsp3) is 0.250. The first-order valence-electron chi connectivity index (χ1n) is 10.9. The van der Waals surface area contributed by atoms with Crippen LogP contribution in [0.5, 0.6) is 0 Å². The fourth-order valence-corrected chi connectivity index (χ4v) is 3.22. The number of hydrogen-bond acceptors (Lipinski definition) is 5. The molecule has 0 bridgehead atoms. The van der Waals surface area contributed by atoms with Gasteiger partial charge in [0, 0.05) is 0 Å². The number of carbonyl (C=O) groups excluding carboxylic acids is 1. The number of Topliss-reactive ketones (excluding diaryl/α,β-unsaturated/α-hetero) is 1. The molecule has 3 aromatic carbocycles. The van der Waals surface area contributed by atoms with E-state index in [1.807, 2.05) is 91.0 Å². The van der Waals surface area contributed by atoms with Crippen molar-refractivity contribution in [1.29, 1.82) is 0 Å². The molecule has 3 rings (SSSR count). The largest absolute Gasteiger partial charge is 0.505 e. The molecule has 0 aliphatic carbocycles. The Labute approximate surface area is 195 Å². The van der Waals surface area contributed by atoms with Crippen molar-refractivity contribution in [3.63, 3.8) is 0 Å². The minimum absolute atomic E-state index is 0.0830. The van der Waals surface area contributed by atoms with Gasteiger partial charge in [0.25, 0.3) is 0 Å². The summed E-state index contributed by atoms with van der Waals surface area (Å²) >= 11 is 0. The highest BCUT2D eigenvalue weighted by Gasteiger charge is 2.29. The summed E-state index contributed by atoms with van der Waals surface area (Å²) in [5.74, 6) is -0.194. The molecule has 0 radical (unpaired) electrons. The van der Waals surface area contributed by atoms with Gasteiger partial charge in [-0.15, -0.1) is 0 Å². The molecule has 0 saturated carbocycles. The SMILES string of the molecule is CO/C=C/[C@@H](OCc1ccccc1)[C@@H](OCc1ccccc1)C(=O)COCc1ccccc1. The molecule has 0 aliphatic rings. The minimum atomic E-state index is -0.851. The van der Waals surface area contributed by atoms with Gasteiger partial charge in [-0.25, -0.2) is 0 Å². The molecule has 0 aromatic heterocycles. The van der Waals surface area contributed by atoms with Gasteiger partial charge in [0.2, 0.25) is 0 Å². The summed E-state index contributed by atoms with van der Waals surface area (Å²) in [6, 6.07) is 29.3. The lowest BCUT2D eigenvalue weighted by Crippen LogP contribution is -2.39. The van der Waals surface area contributed by atoms with E-state index >= 15 is 0 Å². The predicted molar refractivity (Wildman–Crippen MR) is 127 cm³/mol. The highest BCUT2D eigenvalue weighted by atomic mass is 16.5. The maximum absolute atomic E-state index is 13.2. The third kappa shape index (κ3) is 8.66. The van der Waals surface area contributed by atoms with Crippen LogP contribution < -0.4 is 0 Å². The number of methoxy groups -OCH3 is 1. The standard InChI is InChI=1S/C28H30O5/c1-30-18-17-27(32-20-24-13-7-3-8-14-24)28(33-21-25-15-9-4-10-16-25)26(29)22-31-19-23-11-5-2-6-12-23/h2-18,27-28H,19-22H2,1H3/b18-17+/t27-,28+/m1/s1. The molecule has 5 nitrogen and oxygen atoms in total. The van der Waals surface area contributed by atoms with E-state index in [-0.39, 0.29) is 19.0 Å². The fourth-order valence-electron chi connectivity index (χ4n) is 3.22. The van der Waals surface area contributed by atoms with Crippen molar-refractivity contribution in [2.45, 2.75) is 32.0 Å². The average Bonchev–Trinajstić information content (AvgIpc) is 2.87. The van der Waals surface area contributed by atoms with E-state index in [2.05, 4.69) is 0 Å². The molecule has 5 heteroatoms. The summed E-state index contributed by atoms with van der Waals surface area (Å²) in [6.45, 7) is 0.882. The summed E-state index contributed by atoms with van der Waals surface area (Å²) in [5.41, 5.74) is 2.98. The van der Waals surface area contributed by atoms with Crippen molar-refractivity contribution >= 4 is 5.78 Å². The van der Waals surface area contributed by atoms with Gasteiger partial charge in [-0.05, 0) is 22.8 Å². The molecule has 0 unspecified atom stereocenters. The molecule has 0 fully saturated rings. The topological polar surface area (TPSA) is 54.0 Å². The van der Waals surface area contributed by atoms with E-state index < -0.39 is 12.2 Å². The van der Waals surface area contributed by atoms with Crippen molar-refractivity contribution in [3.05, 3.63) is 120 Å². The van der Waals surface area contributed by atoms with Gasteiger partial charge in [-0.2, -0.15) is 0 Å². The minimum Gasteiger partial charge on any atom is -0.505 e. The lowest BCUT2D eigenvalue weighted by atomic mass is 10.1. The van der Waals surface area contributed by atoms with Gasteiger partial charge < -0.3 is 18.9 Å². The highest BCUT2D eigenvalue weighted by Crippen LogP contribution is 2.15. The van der Waals surface area contributed by atoms with Crippen molar-refractivity contribution in [3.8, 4) is 0 Å². The van der Waals surface area contributed by atoms with Gasteiger partial charge in [0.1, 0.15) is 18.8 Å². The Morgan fingerprint density at radius 3 is 1.73 bits per heavy atom. The molecule has 172 valence electrons. The Bertz CT molecular complexity index is 957. The van der Waals surface area contributed by atoms with Gasteiger partial charge >= 0.3 is 0 Å². The second-order valence-electron chi connectivity index (χ2n) is 7.49. The maximum atomic E-state index is 13.2. The van der Waals surface area contributed by atoms with Crippen LogP contribution >= 0.6 is 0 Å². The van der Waals surface area contributed by atoms with Crippen LogP contribution in [0.4, 0.5) is 0 Å². The molecule has 0 aliphatic heterocycles. The summed E-state index contributed by atoms with van der Waals surface area (Å²) < 4.78 is 23.0. The zero-order valence-electron chi connectivity index (χ0n) is 18.8. The number of ketones is 1. The highest BCUT2D eigenvalue weighted by molar-refractivity contribution is 5.85. The van der Waals surface area contributed by atoms with Gasteiger partial charge in [-0.1, -0.05) is 91.0 Å². The van der Waals surface area contributed by atoms with Crippen LogP contribution in [-0.4, -0.2) is 31.7 Å². The van der Waals surface area contributed by atoms with E-state index in [1.165, 1.54) is 6.26 Å². The Kier molecular flexibility index (Phi) is 10.4. The quantitative estimate of drug-likeness (QED) is 0.322. The smallest absolute Gasteiger partial charge is 0.190 e. The van der Waals surface area contributed by atoms with Gasteiger partial charge in [-0.3, -0.25) is 4.79 Å². The Hall–Kier alpha value is -3.25. The first-order chi connectivity index (χ1) is 16.3. The molecule has 0 amide bonds. The molecular weight excluding hydrogens is 416 g/mol. The third-order valence-electron chi connectivity index (χ3n) is 4.93. The Morgan fingerprint density at radius 1 is 0.727 bits per heavy atom. The lowest BCUT2D eigenvalue weighted by molar-refractivity contribution is -0.146. The van der Waals surface area contributed by atoms with E-state index in [9.17, 15) is 4.79 Å². The molecule has 0 saturated heterocycles. The van der Waals surface area contributed by atoms with Crippen LogP contribution in [0.1, 0.15) is 16.7 Å². The van der Waals surface area contributed by atoms with Crippen molar-refractivity contribution in [2.24, 2.45) is 0 Å². The maximum Gasteiger partial charge on any atom is 0.190 e. The van der Waals surface area contributed by atoms with Crippen LogP contribution in [0.25, 0.3) is 0 Å². The molecule has 2 atom stereocenters. The second-order valence-corrected chi connectivity index (χ2v) is 7.49. The summed E-state index contributed by atoms with van der Waals surface area (Å²) in [5, 5.41) is 0. The number of carbonyl (C=O) groups is 1. The monoisotopic (exact) mass is 446 g/mol. The van der Waals surface area contributed by atoms with Crippen LogP contribution in [0, 0.1) is 0 Å². The molecule has 0 N–H and O–H groups in total. The van der Waals surface area contributed by atoms with Crippen LogP contribution in [0.3, 0.4) is 0 Å². The van der Waals surface area contributed by atoms with Crippen LogP contribution in [0.2, 0.25) is 0 Å². The molecular formula is C28H30O5. The third-order valence-corrected chi connectivity index (χ3v) is 4.93. The van der Waals surface area contributed by atoms with E-state index in [1.54, 1.807) is 13.2 Å². The lowest BCUT2D eigenvalue weighted by Gasteiger charge is -2.24. The Balaban J connectivity index is 1.69. The van der Waals surface area contributed by atoms with Crippen LogP contribution in [-0.2, 0) is 43.6 Å². The van der Waals surface area contributed by atoms with E-state index in [4.69, 9.17) is 18.9 Å². The number of benzene rings is 3. The summed E-state index contributed by atoms with van der Waals surface area (Å²) in [6.07, 6.45) is 1.72. The second kappa shape index (κ2) is 14.0. The van der Waals surface area contributed by atoms with Crippen molar-refractivity contribution in [1.82, 2.24) is 0 Å². The van der Waals surface area contributed by atoms with Crippen LogP contribution in [0.15, 0.2) is 103 Å². The van der Waals surface area contributed by atoms with Crippen molar-refractivity contribution in [2.75, 3.05) is 13.7 Å². The molecule has 0 spiro atoms. The first kappa shape index (κ1) is 24.4. The zero-order chi connectivity index (χ0) is 23.1. The zero-order valence-corrected chi connectivity index (χ0v) is 18.8. The van der Waals surface area contributed by atoms with E-state index in [0.29, 0.717) is 13.2 Å².